The maximum Gasteiger partial charge on any atom is 0.264 e. The van der Waals surface area contributed by atoms with E-state index in [1.807, 2.05) is 43.3 Å². The summed E-state index contributed by atoms with van der Waals surface area (Å²) in [6.07, 6.45) is 0.938. The number of aryl methyl sites for hydroxylation is 1. The zero-order valence-electron chi connectivity index (χ0n) is 24.6. The van der Waals surface area contributed by atoms with E-state index in [-0.39, 0.29) is 29.5 Å². The lowest BCUT2D eigenvalue weighted by Gasteiger charge is -2.34. The fourth-order valence-corrected chi connectivity index (χ4v) is 6.71. The number of nitrogens with one attached hydrogen (secondary N) is 1. The fourth-order valence-electron chi connectivity index (χ4n) is 4.84. The zero-order chi connectivity index (χ0) is 31.7. The molecule has 0 fully saturated rings. The van der Waals surface area contributed by atoms with E-state index in [4.69, 9.17) is 23.2 Å². The monoisotopic (exact) mass is 651 g/mol. The van der Waals surface area contributed by atoms with Gasteiger partial charge in [-0.15, -0.1) is 0 Å². The van der Waals surface area contributed by atoms with Crippen LogP contribution in [-0.2, 0) is 32.6 Å². The van der Waals surface area contributed by atoms with Crippen LogP contribution in [0.2, 0.25) is 10.0 Å². The molecule has 4 rings (SSSR count). The molecule has 0 aliphatic carbocycles. The van der Waals surface area contributed by atoms with Crippen molar-refractivity contribution in [2.24, 2.45) is 0 Å². The molecule has 230 valence electrons. The molecule has 0 aromatic heterocycles. The molecule has 0 saturated heterocycles. The predicted octanol–water partition coefficient (Wildman–Crippen LogP) is 6.66. The standard InChI is InChI=1S/C34H35Cl2N3O4S/c1-3-19-37-34(41)32(21-26-11-6-4-7-12-26)38(23-27-13-10-14-28(35)20-27)33(40)24-39(31-22-29(36)18-17-25(31)2)44(42,43)30-15-8-5-9-16-30/h4-18,20,22,32H,3,19,21,23-24H2,1-2H3,(H,37,41)/t32-/m0/s1. The molecule has 0 spiro atoms. The molecule has 7 nitrogen and oxygen atoms in total. The van der Waals surface area contributed by atoms with Gasteiger partial charge < -0.3 is 10.2 Å². The van der Waals surface area contributed by atoms with Crippen LogP contribution in [0.3, 0.4) is 0 Å². The fraction of sp³-hybridized carbons (Fsp3) is 0.235. The zero-order valence-corrected chi connectivity index (χ0v) is 26.9. The number of rotatable bonds is 13. The highest BCUT2D eigenvalue weighted by Gasteiger charge is 2.35. The van der Waals surface area contributed by atoms with Gasteiger partial charge in [0.2, 0.25) is 11.8 Å². The van der Waals surface area contributed by atoms with E-state index in [2.05, 4.69) is 5.32 Å². The number of carbonyl (C=O) groups is 2. The Hall–Kier alpha value is -3.85. The average Bonchev–Trinajstić information content (AvgIpc) is 3.02. The first-order valence-corrected chi connectivity index (χ1v) is 16.5. The first-order valence-electron chi connectivity index (χ1n) is 14.3. The minimum atomic E-state index is -4.22. The normalized spacial score (nSPS) is 11.9. The molecule has 44 heavy (non-hydrogen) atoms. The Morgan fingerprint density at radius 1 is 0.818 bits per heavy atom. The van der Waals surface area contributed by atoms with Crippen molar-refractivity contribution in [2.45, 2.75) is 44.2 Å². The smallest absolute Gasteiger partial charge is 0.264 e. The minimum Gasteiger partial charge on any atom is -0.354 e. The van der Waals surface area contributed by atoms with E-state index >= 15 is 0 Å². The van der Waals surface area contributed by atoms with Crippen LogP contribution in [0.25, 0.3) is 0 Å². The summed E-state index contributed by atoms with van der Waals surface area (Å²) in [5.41, 5.74) is 2.44. The molecule has 0 aliphatic heterocycles. The summed E-state index contributed by atoms with van der Waals surface area (Å²) in [5, 5.41) is 3.74. The van der Waals surface area contributed by atoms with Gasteiger partial charge >= 0.3 is 0 Å². The largest absolute Gasteiger partial charge is 0.354 e. The van der Waals surface area contributed by atoms with Gasteiger partial charge in [-0.25, -0.2) is 8.42 Å². The summed E-state index contributed by atoms with van der Waals surface area (Å²) in [6, 6.07) is 28.3. The minimum absolute atomic E-state index is 0.0232. The van der Waals surface area contributed by atoms with Crippen molar-refractivity contribution in [3.63, 3.8) is 0 Å². The molecule has 2 amide bonds. The highest BCUT2D eigenvalue weighted by Crippen LogP contribution is 2.30. The van der Waals surface area contributed by atoms with Crippen LogP contribution < -0.4 is 9.62 Å². The maximum absolute atomic E-state index is 14.5. The Morgan fingerprint density at radius 2 is 1.45 bits per heavy atom. The van der Waals surface area contributed by atoms with Gasteiger partial charge in [0, 0.05) is 29.6 Å². The lowest BCUT2D eigenvalue weighted by atomic mass is 10.0. The number of amides is 2. The highest BCUT2D eigenvalue weighted by molar-refractivity contribution is 7.92. The Balaban J connectivity index is 1.82. The summed E-state index contributed by atoms with van der Waals surface area (Å²) in [5.74, 6) is -0.890. The van der Waals surface area contributed by atoms with Crippen molar-refractivity contribution < 1.29 is 18.0 Å². The molecule has 4 aromatic rings. The number of hydrogen-bond donors (Lipinski definition) is 1. The van der Waals surface area contributed by atoms with Crippen LogP contribution in [0.4, 0.5) is 5.69 Å². The van der Waals surface area contributed by atoms with Gasteiger partial charge in [0.25, 0.3) is 10.0 Å². The van der Waals surface area contributed by atoms with E-state index in [0.717, 1.165) is 9.87 Å². The number of anilines is 1. The van der Waals surface area contributed by atoms with Crippen molar-refractivity contribution in [3.05, 3.63) is 130 Å². The first-order chi connectivity index (χ1) is 21.1. The van der Waals surface area contributed by atoms with Crippen LogP contribution in [0.15, 0.2) is 108 Å². The number of carbonyl (C=O) groups excluding carboxylic acids is 2. The molecule has 10 heteroatoms. The van der Waals surface area contributed by atoms with Crippen molar-refractivity contribution in [1.29, 1.82) is 0 Å². The molecule has 0 bridgehead atoms. The Kier molecular flexibility index (Phi) is 11.4. The Labute approximate surface area is 269 Å². The van der Waals surface area contributed by atoms with Crippen molar-refractivity contribution in [1.82, 2.24) is 10.2 Å². The van der Waals surface area contributed by atoms with E-state index in [0.29, 0.717) is 34.1 Å². The summed E-state index contributed by atoms with van der Waals surface area (Å²) < 4.78 is 29.3. The number of hydrogen-bond acceptors (Lipinski definition) is 4. The molecule has 1 N–H and O–H groups in total. The number of nitrogens with zero attached hydrogens (tertiary/aromatic N) is 2. The third-order valence-electron chi connectivity index (χ3n) is 7.11. The molecular formula is C34H35Cl2N3O4S. The quantitative estimate of drug-likeness (QED) is 0.175. The van der Waals surface area contributed by atoms with Gasteiger partial charge in [-0.2, -0.15) is 0 Å². The molecule has 4 aromatic carbocycles. The van der Waals surface area contributed by atoms with Gasteiger partial charge in [0.15, 0.2) is 0 Å². The van der Waals surface area contributed by atoms with Crippen molar-refractivity contribution in [3.8, 4) is 0 Å². The van der Waals surface area contributed by atoms with Crippen LogP contribution in [0.5, 0.6) is 0 Å². The van der Waals surface area contributed by atoms with Gasteiger partial charge in [-0.05, 0) is 66.4 Å². The molecular weight excluding hydrogens is 617 g/mol. The van der Waals surface area contributed by atoms with Gasteiger partial charge in [-0.3, -0.25) is 13.9 Å². The topological polar surface area (TPSA) is 86.8 Å². The lowest BCUT2D eigenvalue weighted by molar-refractivity contribution is -0.140. The molecule has 1 atom stereocenters. The first kappa shape index (κ1) is 33.1. The molecule has 0 unspecified atom stereocenters. The van der Waals surface area contributed by atoms with Crippen LogP contribution in [0.1, 0.15) is 30.0 Å². The maximum atomic E-state index is 14.5. The second-order valence-corrected chi connectivity index (χ2v) is 13.1. The third kappa shape index (κ3) is 8.40. The molecule has 0 heterocycles. The summed E-state index contributed by atoms with van der Waals surface area (Å²) in [6.45, 7) is 3.60. The average molecular weight is 653 g/mol. The van der Waals surface area contributed by atoms with E-state index in [1.165, 1.54) is 23.1 Å². The summed E-state index contributed by atoms with van der Waals surface area (Å²) >= 11 is 12.6. The van der Waals surface area contributed by atoms with Crippen LogP contribution >= 0.6 is 23.2 Å². The Morgan fingerprint density at radius 3 is 2.11 bits per heavy atom. The second-order valence-electron chi connectivity index (χ2n) is 10.4. The van der Waals surface area contributed by atoms with Gasteiger partial charge in [-0.1, -0.05) is 96.9 Å². The van der Waals surface area contributed by atoms with Crippen molar-refractivity contribution in [2.75, 3.05) is 17.4 Å². The SMILES string of the molecule is CCCNC(=O)[C@H](Cc1ccccc1)N(Cc1cccc(Cl)c1)C(=O)CN(c1cc(Cl)ccc1C)S(=O)(=O)c1ccccc1. The number of sulfonamides is 1. The molecule has 0 saturated carbocycles. The van der Waals surface area contributed by atoms with Crippen molar-refractivity contribution >= 4 is 50.7 Å². The van der Waals surface area contributed by atoms with E-state index < -0.39 is 28.5 Å². The van der Waals surface area contributed by atoms with Gasteiger partial charge in [0.05, 0.1) is 10.6 Å². The molecule has 0 aliphatic rings. The Bertz CT molecular complexity index is 1690. The van der Waals surface area contributed by atoms with Gasteiger partial charge in [0.1, 0.15) is 12.6 Å². The third-order valence-corrected chi connectivity index (χ3v) is 9.36. The summed E-state index contributed by atoms with van der Waals surface area (Å²) in [7, 11) is -4.22. The number of benzene rings is 4. The lowest BCUT2D eigenvalue weighted by Crippen LogP contribution is -2.53. The molecule has 0 radical (unpaired) electrons. The van der Waals surface area contributed by atoms with Crippen LogP contribution in [-0.4, -0.2) is 44.3 Å². The van der Waals surface area contributed by atoms with E-state index in [1.54, 1.807) is 55.5 Å². The second kappa shape index (κ2) is 15.2. The highest BCUT2D eigenvalue weighted by atomic mass is 35.5. The predicted molar refractivity (Wildman–Crippen MR) is 176 cm³/mol. The van der Waals surface area contributed by atoms with E-state index in [9.17, 15) is 18.0 Å². The summed E-state index contributed by atoms with van der Waals surface area (Å²) in [4.78, 5) is 29.6. The van der Waals surface area contributed by atoms with Crippen LogP contribution in [0, 0.1) is 6.92 Å². The number of halogens is 2.